The van der Waals surface area contributed by atoms with E-state index in [0.29, 0.717) is 0 Å². The maximum atomic E-state index is 11.8. The number of para-hydroxylation sites is 1. The highest BCUT2D eigenvalue weighted by Crippen LogP contribution is 2.11. The summed E-state index contributed by atoms with van der Waals surface area (Å²) in [5.41, 5.74) is 2.25. The van der Waals surface area contributed by atoms with E-state index >= 15 is 0 Å². The van der Waals surface area contributed by atoms with E-state index in [-0.39, 0.29) is 12.5 Å². The number of aromatic nitrogens is 2. The number of benzene rings is 1. The van der Waals surface area contributed by atoms with Crippen LogP contribution in [-0.2, 0) is 16.1 Å². The van der Waals surface area contributed by atoms with E-state index in [9.17, 15) is 4.79 Å². The van der Waals surface area contributed by atoms with Gasteiger partial charge in [-0.2, -0.15) is 5.10 Å². The quantitative estimate of drug-likeness (QED) is 0.831. The number of amides is 1. The largest absolute Gasteiger partial charge is 0.375 e. The van der Waals surface area contributed by atoms with Gasteiger partial charge in [-0.1, -0.05) is 18.2 Å². The molecular weight excluding hydrogens is 292 g/mol. The average Bonchev–Trinajstić information content (AvgIpc) is 3.05. The fourth-order valence-corrected chi connectivity index (χ4v) is 2.79. The second-order valence-electron chi connectivity index (χ2n) is 5.72. The van der Waals surface area contributed by atoms with E-state index in [1.54, 1.807) is 7.11 Å². The molecule has 1 aliphatic heterocycles. The van der Waals surface area contributed by atoms with Crippen LogP contribution >= 0.6 is 0 Å². The van der Waals surface area contributed by atoms with Gasteiger partial charge < -0.3 is 9.64 Å². The first-order valence-electron chi connectivity index (χ1n) is 7.84. The number of rotatable bonds is 5. The maximum Gasteiger partial charge on any atom is 0.248 e. The number of hydrogen-bond donors (Lipinski definition) is 0. The van der Waals surface area contributed by atoms with Crippen molar-refractivity contribution in [2.45, 2.75) is 6.54 Å². The van der Waals surface area contributed by atoms with Crippen molar-refractivity contribution in [1.82, 2.24) is 19.6 Å². The van der Waals surface area contributed by atoms with Gasteiger partial charge in [0.15, 0.2) is 0 Å². The molecule has 1 aromatic carbocycles. The molecule has 0 radical (unpaired) electrons. The Balaban J connectivity index is 1.53. The molecule has 2 aromatic rings. The smallest absolute Gasteiger partial charge is 0.248 e. The van der Waals surface area contributed by atoms with E-state index < -0.39 is 0 Å². The van der Waals surface area contributed by atoms with Crippen molar-refractivity contribution in [2.24, 2.45) is 0 Å². The third-order valence-electron chi connectivity index (χ3n) is 4.06. The maximum absolute atomic E-state index is 11.8. The lowest BCUT2D eigenvalue weighted by atomic mass is 10.2. The lowest BCUT2D eigenvalue weighted by Gasteiger charge is -2.34. The molecule has 3 rings (SSSR count). The van der Waals surface area contributed by atoms with Crippen molar-refractivity contribution in [3.05, 3.63) is 48.3 Å². The summed E-state index contributed by atoms with van der Waals surface area (Å²) in [6, 6.07) is 10.1. The van der Waals surface area contributed by atoms with Crippen LogP contribution in [0, 0.1) is 0 Å². The molecule has 2 heterocycles. The summed E-state index contributed by atoms with van der Waals surface area (Å²) in [4.78, 5) is 16.0. The van der Waals surface area contributed by atoms with Crippen LogP contribution in [-0.4, -0.2) is 65.4 Å². The van der Waals surface area contributed by atoms with Gasteiger partial charge in [0.05, 0.1) is 11.9 Å². The highest BCUT2D eigenvalue weighted by atomic mass is 16.5. The number of hydrogen-bond acceptors (Lipinski definition) is 4. The Morgan fingerprint density at radius 3 is 2.61 bits per heavy atom. The van der Waals surface area contributed by atoms with E-state index in [4.69, 9.17) is 4.74 Å². The number of carbonyl (C=O) groups excluding carboxylic acids is 1. The first-order chi connectivity index (χ1) is 11.3. The van der Waals surface area contributed by atoms with Crippen LogP contribution in [0.2, 0.25) is 0 Å². The summed E-state index contributed by atoms with van der Waals surface area (Å²) in [5.74, 6) is 0.0732. The molecule has 1 aromatic heterocycles. The summed E-state index contributed by atoms with van der Waals surface area (Å²) >= 11 is 0. The Bertz CT molecular complexity index is 633. The van der Waals surface area contributed by atoms with Crippen LogP contribution < -0.4 is 0 Å². The lowest BCUT2D eigenvalue weighted by molar-refractivity contribution is -0.136. The summed E-state index contributed by atoms with van der Waals surface area (Å²) in [6.07, 6.45) is 3.98. The predicted octanol–water partition coefficient (Wildman–Crippen LogP) is 1.16. The minimum atomic E-state index is 0.0732. The highest BCUT2D eigenvalue weighted by molar-refractivity contribution is 5.77. The number of nitrogens with zero attached hydrogens (tertiary/aromatic N) is 4. The minimum Gasteiger partial charge on any atom is -0.375 e. The summed E-state index contributed by atoms with van der Waals surface area (Å²) in [6.45, 7) is 4.31. The standard InChI is InChI=1S/C17H22N4O2/c1-23-14-17(22)20-9-7-19(8-10-20)12-15-11-18-21(13-15)16-5-3-2-4-6-16/h2-6,11,13H,7-10,12,14H2,1H3. The molecule has 6 heteroatoms. The monoisotopic (exact) mass is 314 g/mol. The van der Waals surface area contributed by atoms with Crippen LogP contribution in [0.15, 0.2) is 42.7 Å². The van der Waals surface area contributed by atoms with E-state index in [2.05, 4.69) is 16.2 Å². The number of piperazine rings is 1. The molecule has 0 spiro atoms. The third kappa shape index (κ3) is 3.97. The van der Waals surface area contributed by atoms with Crippen molar-refractivity contribution in [3.8, 4) is 5.69 Å². The molecule has 23 heavy (non-hydrogen) atoms. The molecule has 0 aliphatic carbocycles. The Morgan fingerprint density at radius 1 is 1.17 bits per heavy atom. The number of carbonyl (C=O) groups is 1. The van der Waals surface area contributed by atoms with Gasteiger partial charge in [-0.3, -0.25) is 9.69 Å². The molecule has 1 aliphatic rings. The normalized spacial score (nSPS) is 15.8. The summed E-state index contributed by atoms with van der Waals surface area (Å²) in [7, 11) is 1.55. The van der Waals surface area contributed by atoms with Gasteiger partial charge in [-0.05, 0) is 12.1 Å². The third-order valence-corrected chi connectivity index (χ3v) is 4.06. The molecule has 0 bridgehead atoms. The Morgan fingerprint density at radius 2 is 1.91 bits per heavy atom. The number of ether oxygens (including phenoxy) is 1. The minimum absolute atomic E-state index is 0.0732. The molecule has 0 atom stereocenters. The summed E-state index contributed by atoms with van der Waals surface area (Å²) in [5, 5.41) is 4.43. The van der Waals surface area contributed by atoms with Crippen molar-refractivity contribution in [2.75, 3.05) is 39.9 Å². The molecule has 122 valence electrons. The Labute approximate surface area is 136 Å². The van der Waals surface area contributed by atoms with Crippen molar-refractivity contribution >= 4 is 5.91 Å². The van der Waals surface area contributed by atoms with Crippen molar-refractivity contribution in [1.29, 1.82) is 0 Å². The topological polar surface area (TPSA) is 50.6 Å². The molecular formula is C17H22N4O2. The Kier molecular flexibility index (Phi) is 5.05. The molecule has 0 N–H and O–H groups in total. The fraction of sp³-hybridized carbons (Fsp3) is 0.412. The van der Waals surface area contributed by atoms with Crippen molar-refractivity contribution < 1.29 is 9.53 Å². The first-order valence-corrected chi connectivity index (χ1v) is 7.84. The van der Waals surface area contributed by atoms with Crippen LogP contribution in [0.5, 0.6) is 0 Å². The van der Waals surface area contributed by atoms with Crippen molar-refractivity contribution in [3.63, 3.8) is 0 Å². The Hall–Kier alpha value is -2.18. The molecule has 0 unspecified atom stereocenters. The van der Waals surface area contributed by atoms with Crippen LogP contribution in [0.25, 0.3) is 5.69 Å². The predicted molar refractivity (Wildman–Crippen MR) is 87.3 cm³/mol. The molecule has 1 amide bonds. The van der Waals surface area contributed by atoms with Gasteiger partial charge in [0.25, 0.3) is 0 Å². The van der Waals surface area contributed by atoms with E-state index in [1.807, 2.05) is 46.1 Å². The second-order valence-corrected chi connectivity index (χ2v) is 5.72. The first kappa shape index (κ1) is 15.7. The SMILES string of the molecule is COCC(=O)N1CCN(Cc2cnn(-c3ccccc3)c2)CC1. The molecule has 6 nitrogen and oxygen atoms in total. The van der Waals surface area contributed by atoms with Crippen LogP contribution in [0.3, 0.4) is 0 Å². The van der Waals surface area contributed by atoms with Gasteiger partial charge in [-0.25, -0.2) is 4.68 Å². The van der Waals surface area contributed by atoms with Gasteiger partial charge in [0.1, 0.15) is 6.61 Å². The second kappa shape index (κ2) is 7.39. The summed E-state index contributed by atoms with van der Waals surface area (Å²) < 4.78 is 6.80. The lowest BCUT2D eigenvalue weighted by Crippen LogP contribution is -2.49. The van der Waals surface area contributed by atoms with Gasteiger partial charge in [0.2, 0.25) is 5.91 Å². The zero-order valence-electron chi connectivity index (χ0n) is 13.4. The zero-order chi connectivity index (χ0) is 16.1. The van der Waals surface area contributed by atoms with E-state index in [0.717, 1.165) is 38.4 Å². The number of methoxy groups -OCH3 is 1. The molecule has 0 saturated carbocycles. The average molecular weight is 314 g/mol. The highest BCUT2D eigenvalue weighted by Gasteiger charge is 2.21. The zero-order valence-corrected chi connectivity index (χ0v) is 13.4. The van der Waals surface area contributed by atoms with Crippen LogP contribution in [0.4, 0.5) is 0 Å². The van der Waals surface area contributed by atoms with Gasteiger partial charge in [-0.15, -0.1) is 0 Å². The van der Waals surface area contributed by atoms with Gasteiger partial charge in [0, 0.05) is 51.6 Å². The molecule has 1 fully saturated rings. The van der Waals surface area contributed by atoms with E-state index in [1.165, 1.54) is 5.56 Å². The van der Waals surface area contributed by atoms with Crippen LogP contribution in [0.1, 0.15) is 5.56 Å². The fourth-order valence-electron chi connectivity index (χ4n) is 2.79. The van der Waals surface area contributed by atoms with Gasteiger partial charge >= 0.3 is 0 Å². The molecule has 1 saturated heterocycles.